The first-order valence-electron chi connectivity index (χ1n) is 3.67. The van der Waals surface area contributed by atoms with E-state index in [2.05, 4.69) is 20.7 Å². The molecule has 2 N–H and O–H groups in total. The second-order valence-electron chi connectivity index (χ2n) is 2.52. The number of nitrogen functional groups attached to an aromatic ring is 1. The van der Waals surface area contributed by atoms with Gasteiger partial charge in [0.05, 0.1) is 18.2 Å². The highest BCUT2D eigenvalue weighted by atomic mass is 79.9. The lowest BCUT2D eigenvalue weighted by Gasteiger charge is -2.04. The van der Waals surface area contributed by atoms with E-state index in [0.29, 0.717) is 10.0 Å². The number of ether oxygens (including phenoxy) is 1. The molecule has 14 heavy (non-hydrogen) atoms. The summed E-state index contributed by atoms with van der Waals surface area (Å²) in [4.78, 5) is 11.2. The molecule has 1 aromatic rings. The molecule has 72 valence electrons. The van der Waals surface area contributed by atoms with Gasteiger partial charge in [0.1, 0.15) is 6.07 Å². The zero-order valence-corrected chi connectivity index (χ0v) is 8.96. The van der Waals surface area contributed by atoms with Crippen molar-refractivity contribution in [1.29, 1.82) is 5.26 Å². The van der Waals surface area contributed by atoms with Crippen LogP contribution in [0.2, 0.25) is 0 Å². The number of anilines is 1. The van der Waals surface area contributed by atoms with Crippen molar-refractivity contribution in [2.45, 2.75) is 0 Å². The Morgan fingerprint density at radius 1 is 1.64 bits per heavy atom. The first-order chi connectivity index (χ1) is 6.60. The lowest BCUT2D eigenvalue weighted by atomic mass is 10.1. The summed E-state index contributed by atoms with van der Waals surface area (Å²) in [7, 11) is 1.27. The number of nitriles is 1. The fourth-order valence-corrected chi connectivity index (χ4v) is 1.39. The predicted octanol–water partition coefficient (Wildman–Crippen LogP) is 1.69. The van der Waals surface area contributed by atoms with Gasteiger partial charge in [-0.1, -0.05) is 0 Å². The number of hydrogen-bond acceptors (Lipinski definition) is 4. The quantitative estimate of drug-likeness (QED) is 0.611. The van der Waals surface area contributed by atoms with E-state index in [0.717, 1.165) is 0 Å². The zero-order chi connectivity index (χ0) is 10.7. The summed E-state index contributed by atoms with van der Waals surface area (Å²) in [5.74, 6) is -0.521. The molecular formula is C9H7BrN2O2. The van der Waals surface area contributed by atoms with Gasteiger partial charge in [-0.15, -0.1) is 0 Å². The summed E-state index contributed by atoms with van der Waals surface area (Å²) in [6.45, 7) is 0. The molecule has 0 fully saturated rings. The smallest absolute Gasteiger partial charge is 0.339 e. The molecule has 0 unspecified atom stereocenters. The van der Waals surface area contributed by atoms with E-state index in [9.17, 15) is 4.79 Å². The van der Waals surface area contributed by atoms with Crippen LogP contribution in [0.1, 0.15) is 15.9 Å². The van der Waals surface area contributed by atoms with Crippen molar-refractivity contribution in [2.75, 3.05) is 12.8 Å². The average molecular weight is 255 g/mol. The molecule has 0 aliphatic heterocycles. The minimum atomic E-state index is -0.521. The molecule has 1 aromatic carbocycles. The SMILES string of the molecule is COC(=O)c1cc(Br)c(C#N)cc1N. The Morgan fingerprint density at radius 2 is 2.29 bits per heavy atom. The third-order valence-corrected chi connectivity index (χ3v) is 2.32. The first kappa shape index (κ1) is 10.5. The van der Waals surface area contributed by atoms with E-state index < -0.39 is 5.97 Å². The van der Waals surface area contributed by atoms with Gasteiger partial charge < -0.3 is 10.5 Å². The summed E-state index contributed by atoms with van der Waals surface area (Å²) in [6, 6.07) is 4.84. The fourth-order valence-electron chi connectivity index (χ4n) is 0.962. The molecule has 0 heterocycles. The molecule has 1 rings (SSSR count). The number of nitrogens with two attached hydrogens (primary N) is 1. The largest absolute Gasteiger partial charge is 0.465 e. The number of hydrogen-bond donors (Lipinski definition) is 1. The van der Waals surface area contributed by atoms with Crippen LogP contribution in [0.15, 0.2) is 16.6 Å². The fraction of sp³-hybridized carbons (Fsp3) is 0.111. The summed E-state index contributed by atoms with van der Waals surface area (Å²) in [6.07, 6.45) is 0. The molecule has 0 aromatic heterocycles. The van der Waals surface area contributed by atoms with Crippen LogP contribution in [0.25, 0.3) is 0 Å². The highest BCUT2D eigenvalue weighted by Gasteiger charge is 2.12. The van der Waals surface area contributed by atoms with Crippen LogP contribution in [-0.2, 0) is 4.74 Å². The van der Waals surface area contributed by atoms with Crippen molar-refractivity contribution in [1.82, 2.24) is 0 Å². The number of halogens is 1. The molecule has 0 saturated heterocycles. The first-order valence-corrected chi connectivity index (χ1v) is 4.47. The van der Waals surface area contributed by atoms with Crippen LogP contribution in [0.5, 0.6) is 0 Å². The predicted molar refractivity (Wildman–Crippen MR) is 54.6 cm³/mol. The van der Waals surface area contributed by atoms with Crippen LogP contribution in [0, 0.1) is 11.3 Å². The van der Waals surface area contributed by atoms with Gasteiger partial charge in [-0.3, -0.25) is 0 Å². The Labute approximate surface area is 89.4 Å². The Kier molecular flexibility index (Phi) is 3.10. The maximum atomic E-state index is 11.2. The molecule has 4 nitrogen and oxygen atoms in total. The van der Waals surface area contributed by atoms with Gasteiger partial charge in [0.25, 0.3) is 0 Å². The number of methoxy groups -OCH3 is 1. The maximum absolute atomic E-state index is 11.2. The van der Waals surface area contributed by atoms with Gasteiger partial charge in [0.15, 0.2) is 0 Å². The normalized spacial score (nSPS) is 9.21. The Bertz CT molecular complexity index is 424. The van der Waals surface area contributed by atoms with Crippen molar-refractivity contribution >= 4 is 27.6 Å². The summed E-state index contributed by atoms with van der Waals surface area (Å²) in [5, 5.41) is 8.68. The van der Waals surface area contributed by atoms with Crippen molar-refractivity contribution < 1.29 is 9.53 Å². The standard InChI is InChI=1S/C9H7BrN2O2/c1-14-9(13)6-3-7(10)5(4-11)2-8(6)12/h2-3H,12H2,1H3. The van der Waals surface area contributed by atoms with Gasteiger partial charge in [-0.2, -0.15) is 5.26 Å². The molecular weight excluding hydrogens is 248 g/mol. The Morgan fingerprint density at radius 3 is 2.79 bits per heavy atom. The molecule has 0 bridgehead atoms. The molecule has 0 amide bonds. The van der Waals surface area contributed by atoms with Crippen LogP contribution < -0.4 is 5.73 Å². The van der Waals surface area contributed by atoms with Crippen LogP contribution in [0.4, 0.5) is 5.69 Å². The number of carbonyl (C=O) groups is 1. The summed E-state index contributed by atoms with van der Waals surface area (Å²) >= 11 is 3.15. The van der Waals surface area contributed by atoms with Gasteiger partial charge in [-0.05, 0) is 28.1 Å². The molecule has 0 radical (unpaired) electrons. The highest BCUT2D eigenvalue weighted by molar-refractivity contribution is 9.10. The minimum absolute atomic E-state index is 0.233. The Hall–Kier alpha value is -1.54. The van der Waals surface area contributed by atoms with Crippen molar-refractivity contribution in [2.24, 2.45) is 0 Å². The van der Waals surface area contributed by atoms with Crippen molar-refractivity contribution in [3.05, 3.63) is 27.7 Å². The van der Waals surface area contributed by atoms with Crippen LogP contribution >= 0.6 is 15.9 Å². The van der Waals surface area contributed by atoms with Gasteiger partial charge >= 0.3 is 5.97 Å². The monoisotopic (exact) mass is 254 g/mol. The number of carbonyl (C=O) groups excluding carboxylic acids is 1. The van der Waals surface area contributed by atoms with Crippen molar-refractivity contribution in [3.8, 4) is 6.07 Å². The molecule has 0 aliphatic rings. The zero-order valence-electron chi connectivity index (χ0n) is 7.37. The third-order valence-electron chi connectivity index (χ3n) is 1.66. The van der Waals surface area contributed by atoms with Crippen LogP contribution in [-0.4, -0.2) is 13.1 Å². The second-order valence-corrected chi connectivity index (χ2v) is 3.38. The van der Waals surface area contributed by atoms with Gasteiger partial charge in [0.2, 0.25) is 0 Å². The molecule has 0 atom stereocenters. The topological polar surface area (TPSA) is 76.1 Å². The van der Waals surface area contributed by atoms with Crippen molar-refractivity contribution in [3.63, 3.8) is 0 Å². The third kappa shape index (κ3) is 1.86. The lowest BCUT2D eigenvalue weighted by molar-refractivity contribution is 0.0602. The van der Waals surface area contributed by atoms with Gasteiger partial charge in [0, 0.05) is 10.2 Å². The maximum Gasteiger partial charge on any atom is 0.339 e. The van der Waals surface area contributed by atoms with E-state index in [1.165, 1.54) is 19.2 Å². The average Bonchev–Trinajstić information content (AvgIpc) is 2.19. The van der Waals surface area contributed by atoms with Crippen LogP contribution in [0.3, 0.4) is 0 Å². The number of esters is 1. The van der Waals surface area contributed by atoms with E-state index in [1.807, 2.05) is 6.07 Å². The van der Waals surface area contributed by atoms with E-state index in [1.54, 1.807) is 0 Å². The Balaban J connectivity index is 3.30. The number of nitrogens with zero attached hydrogens (tertiary/aromatic N) is 1. The lowest BCUT2D eigenvalue weighted by Crippen LogP contribution is -2.06. The number of rotatable bonds is 1. The number of benzene rings is 1. The molecule has 0 aliphatic carbocycles. The van der Waals surface area contributed by atoms with E-state index >= 15 is 0 Å². The molecule has 0 spiro atoms. The second kappa shape index (κ2) is 4.11. The van der Waals surface area contributed by atoms with E-state index in [-0.39, 0.29) is 11.3 Å². The highest BCUT2D eigenvalue weighted by Crippen LogP contribution is 2.23. The summed E-state index contributed by atoms with van der Waals surface area (Å²) in [5.41, 5.74) is 6.44. The van der Waals surface area contributed by atoms with Gasteiger partial charge in [-0.25, -0.2) is 4.79 Å². The molecule has 5 heteroatoms. The van der Waals surface area contributed by atoms with E-state index in [4.69, 9.17) is 11.0 Å². The molecule has 0 saturated carbocycles. The minimum Gasteiger partial charge on any atom is -0.465 e. The summed E-state index contributed by atoms with van der Waals surface area (Å²) < 4.78 is 5.05.